The predicted octanol–water partition coefficient (Wildman–Crippen LogP) is 4.30. The van der Waals surface area contributed by atoms with Gasteiger partial charge in [0, 0.05) is 13.1 Å². The van der Waals surface area contributed by atoms with E-state index in [2.05, 4.69) is 28.5 Å². The molecule has 0 spiro atoms. The number of nitrogens with one attached hydrogen (secondary N) is 1. The summed E-state index contributed by atoms with van der Waals surface area (Å²) in [5, 5.41) is 0. The Labute approximate surface area is 162 Å². The monoisotopic (exact) mass is 391 g/mol. The summed E-state index contributed by atoms with van der Waals surface area (Å²) in [6.45, 7) is 10.0. The highest BCUT2D eigenvalue weighted by Gasteiger charge is 2.15. The summed E-state index contributed by atoms with van der Waals surface area (Å²) in [6, 6.07) is 9.95. The van der Waals surface area contributed by atoms with E-state index in [1.165, 1.54) is 12.1 Å². The van der Waals surface area contributed by atoms with Gasteiger partial charge >= 0.3 is 0 Å². The number of rotatable bonds is 10. The van der Waals surface area contributed by atoms with E-state index in [1.54, 1.807) is 24.4 Å². The molecule has 0 amide bonds. The molecule has 148 valence electrons. The second-order valence-corrected chi connectivity index (χ2v) is 8.31. The lowest BCUT2D eigenvalue weighted by atomic mass is 10.3. The van der Waals surface area contributed by atoms with Crippen molar-refractivity contribution in [3.05, 3.63) is 42.6 Å². The van der Waals surface area contributed by atoms with E-state index in [9.17, 15) is 8.42 Å². The first kappa shape index (κ1) is 21.0. The smallest absolute Gasteiger partial charge is 0.263 e. The van der Waals surface area contributed by atoms with Crippen LogP contribution in [0.25, 0.3) is 0 Å². The third-order valence-corrected chi connectivity index (χ3v) is 5.22. The lowest BCUT2D eigenvalue weighted by Crippen LogP contribution is -2.25. The van der Waals surface area contributed by atoms with Crippen LogP contribution in [0.1, 0.15) is 40.5 Å². The Morgan fingerprint density at radius 1 is 1.04 bits per heavy atom. The van der Waals surface area contributed by atoms with E-state index < -0.39 is 10.0 Å². The standard InChI is InChI=1S/C20H29N3O3S/c1-5-13-23(14-6-2)17-7-12-20(21-15-17)22-27(24,25)19-10-8-18(9-11-19)26-16(3)4/h7-12,15-16H,5-6,13-14H2,1-4H3,(H,21,22). The van der Waals surface area contributed by atoms with Crippen molar-refractivity contribution in [1.29, 1.82) is 0 Å². The van der Waals surface area contributed by atoms with E-state index in [-0.39, 0.29) is 11.0 Å². The van der Waals surface area contributed by atoms with Crippen molar-refractivity contribution in [2.75, 3.05) is 22.7 Å². The fourth-order valence-electron chi connectivity index (χ4n) is 2.71. The molecule has 2 aromatic rings. The molecule has 0 aliphatic carbocycles. The number of ether oxygens (including phenoxy) is 1. The maximum atomic E-state index is 12.6. The molecule has 1 heterocycles. The summed E-state index contributed by atoms with van der Waals surface area (Å²) < 4.78 is 33.2. The van der Waals surface area contributed by atoms with E-state index in [1.807, 2.05) is 19.9 Å². The van der Waals surface area contributed by atoms with Crippen molar-refractivity contribution < 1.29 is 13.2 Å². The summed E-state index contributed by atoms with van der Waals surface area (Å²) in [6.07, 6.45) is 3.84. The van der Waals surface area contributed by atoms with Crippen LogP contribution < -0.4 is 14.4 Å². The van der Waals surface area contributed by atoms with Gasteiger partial charge in [0.15, 0.2) is 0 Å². The van der Waals surface area contributed by atoms with Crippen LogP contribution >= 0.6 is 0 Å². The Morgan fingerprint density at radius 3 is 2.15 bits per heavy atom. The van der Waals surface area contributed by atoms with Gasteiger partial charge in [-0.2, -0.15) is 0 Å². The minimum Gasteiger partial charge on any atom is -0.491 e. The van der Waals surface area contributed by atoms with E-state index in [0.29, 0.717) is 11.6 Å². The number of nitrogens with zero attached hydrogens (tertiary/aromatic N) is 2. The quantitative estimate of drug-likeness (QED) is 0.654. The number of aromatic nitrogens is 1. The van der Waals surface area contributed by atoms with Crippen LogP contribution in [0.2, 0.25) is 0 Å². The SMILES string of the molecule is CCCN(CCC)c1ccc(NS(=O)(=O)c2ccc(OC(C)C)cc2)nc1. The molecule has 6 nitrogen and oxygen atoms in total. The molecule has 1 aromatic carbocycles. The first-order chi connectivity index (χ1) is 12.9. The van der Waals surface area contributed by atoms with E-state index >= 15 is 0 Å². The second kappa shape index (κ2) is 9.60. The molecule has 0 atom stereocenters. The van der Waals surface area contributed by atoms with Crippen LogP contribution in [0.15, 0.2) is 47.5 Å². The summed E-state index contributed by atoms with van der Waals surface area (Å²) in [5.41, 5.74) is 0.997. The van der Waals surface area contributed by atoms with Gasteiger partial charge in [-0.05, 0) is 63.1 Å². The van der Waals surface area contributed by atoms with Crippen molar-refractivity contribution in [1.82, 2.24) is 4.98 Å². The number of anilines is 2. The average Bonchev–Trinajstić information content (AvgIpc) is 2.62. The van der Waals surface area contributed by atoms with E-state index in [4.69, 9.17) is 4.74 Å². The van der Waals surface area contributed by atoms with Crippen molar-refractivity contribution in [2.24, 2.45) is 0 Å². The van der Waals surface area contributed by atoms with Crippen LogP contribution in [0, 0.1) is 0 Å². The Kier molecular flexibility index (Phi) is 7.47. The zero-order valence-corrected chi connectivity index (χ0v) is 17.3. The van der Waals surface area contributed by atoms with Crippen LogP contribution in [0.4, 0.5) is 11.5 Å². The highest BCUT2D eigenvalue weighted by atomic mass is 32.2. The molecule has 0 radical (unpaired) electrons. The zero-order valence-electron chi connectivity index (χ0n) is 16.5. The van der Waals surface area contributed by atoms with Gasteiger partial charge in [0.05, 0.1) is 22.9 Å². The summed E-state index contributed by atoms with van der Waals surface area (Å²) in [5.74, 6) is 0.938. The van der Waals surface area contributed by atoms with Gasteiger partial charge in [-0.25, -0.2) is 13.4 Å². The van der Waals surface area contributed by atoms with Gasteiger partial charge in [0.1, 0.15) is 11.6 Å². The molecule has 0 aliphatic heterocycles. The molecule has 0 bridgehead atoms. The maximum absolute atomic E-state index is 12.6. The summed E-state index contributed by atoms with van der Waals surface area (Å²) in [7, 11) is -3.69. The largest absolute Gasteiger partial charge is 0.491 e. The van der Waals surface area contributed by atoms with E-state index in [0.717, 1.165) is 31.6 Å². The Balaban J connectivity index is 2.10. The molecular weight excluding hydrogens is 362 g/mol. The molecule has 2 rings (SSSR count). The molecular formula is C20H29N3O3S. The fourth-order valence-corrected chi connectivity index (χ4v) is 3.72. The van der Waals surface area contributed by atoms with Crippen molar-refractivity contribution in [3.8, 4) is 5.75 Å². The number of sulfonamides is 1. The average molecular weight is 392 g/mol. The molecule has 0 aliphatic rings. The van der Waals surface area contributed by atoms with Crippen LogP contribution in [-0.2, 0) is 10.0 Å². The summed E-state index contributed by atoms with van der Waals surface area (Å²) in [4.78, 5) is 6.69. The van der Waals surface area contributed by atoms with Crippen molar-refractivity contribution in [3.63, 3.8) is 0 Å². The van der Waals surface area contributed by atoms with Gasteiger partial charge in [-0.15, -0.1) is 0 Å². The van der Waals surface area contributed by atoms with Crippen LogP contribution in [-0.4, -0.2) is 32.6 Å². The van der Waals surface area contributed by atoms with Crippen LogP contribution in [0.5, 0.6) is 5.75 Å². The highest BCUT2D eigenvalue weighted by molar-refractivity contribution is 7.92. The number of hydrogen-bond acceptors (Lipinski definition) is 5. The third kappa shape index (κ3) is 6.13. The Hall–Kier alpha value is -2.28. The number of hydrogen-bond donors (Lipinski definition) is 1. The zero-order chi connectivity index (χ0) is 19.9. The van der Waals surface area contributed by atoms with Gasteiger partial charge in [0.2, 0.25) is 0 Å². The molecule has 0 unspecified atom stereocenters. The first-order valence-electron chi connectivity index (χ1n) is 9.36. The van der Waals surface area contributed by atoms with Crippen LogP contribution in [0.3, 0.4) is 0 Å². The topological polar surface area (TPSA) is 71.5 Å². The lowest BCUT2D eigenvalue weighted by Gasteiger charge is -2.23. The minimum atomic E-state index is -3.69. The van der Waals surface area contributed by atoms with Crippen molar-refractivity contribution in [2.45, 2.75) is 51.5 Å². The second-order valence-electron chi connectivity index (χ2n) is 6.63. The van der Waals surface area contributed by atoms with Crippen molar-refractivity contribution >= 4 is 21.5 Å². The lowest BCUT2D eigenvalue weighted by molar-refractivity contribution is 0.242. The third-order valence-electron chi connectivity index (χ3n) is 3.84. The Morgan fingerprint density at radius 2 is 1.67 bits per heavy atom. The number of pyridine rings is 1. The van der Waals surface area contributed by atoms with Gasteiger partial charge < -0.3 is 9.64 Å². The molecule has 27 heavy (non-hydrogen) atoms. The van der Waals surface area contributed by atoms with Gasteiger partial charge in [-0.1, -0.05) is 13.8 Å². The van der Waals surface area contributed by atoms with Gasteiger partial charge in [-0.3, -0.25) is 4.72 Å². The molecule has 7 heteroatoms. The minimum absolute atomic E-state index is 0.0354. The Bertz CT molecular complexity index is 797. The molecule has 1 N–H and O–H groups in total. The maximum Gasteiger partial charge on any atom is 0.263 e. The normalized spacial score (nSPS) is 11.4. The fraction of sp³-hybridized carbons (Fsp3) is 0.450. The number of benzene rings is 1. The predicted molar refractivity (Wildman–Crippen MR) is 110 cm³/mol. The molecule has 0 fully saturated rings. The first-order valence-corrected chi connectivity index (χ1v) is 10.8. The molecule has 1 aromatic heterocycles. The molecule has 0 saturated heterocycles. The van der Waals surface area contributed by atoms with Gasteiger partial charge in [0.25, 0.3) is 10.0 Å². The summed E-state index contributed by atoms with van der Waals surface area (Å²) >= 11 is 0. The highest BCUT2D eigenvalue weighted by Crippen LogP contribution is 2.21. The molecule has 0 saturated carbocycles.